The largest absolute Gasteiger partial charge is 0.395 e. The third-order valence-electron chi connectivity index (χ3n) is 3.47. The minimum absolute atomic E-state index is 0.147. The van der Waals surface area contributed by atoms with Gasteiger partial charge in [0.25, 0.3) is 0 Å². The molecule has 0 unspecified atom stereocenters. The van der Waals surface area contributed by atoms with Gasteiger partial charge >= 0.3 is 0 Å². The molecule has 0 aliphatic carbocycles. The van der Waals surface area contributed by atoms with Crippen molar-refractivity contribution in [1.82, 2.24) is 0 Å². The molecule has 0 aromatic carbocycles. The van der Waals surface area contributed by atoms with Crippen LogP contribution in [0.4, 0.5) is 0 Å². The van der Waals surface area contributed by atoms with E-state index in [2.05, 4.69) is 0 Å². The highest BCUT2D eigenvalue weighted by Gasteiger charge is 2.09. The second-order valence-corrected chi connectivity index (χ2v) is 10.2. The minimum Gasteiger partial charge on any atom is -0.395 e. The Hall–Kier alpha value is -0.180. The topological polar surface area (TPSA) is 109 Å². The first-order valence-electron chi connectivity index (χ1n) is 7.95. The summed E-state index contributed by atoms with van der Waals surface area (Å²) >= 11 is 0. The maximum Gasteiger partial charge on any atom is 0.152 e. The maximum atomic E-state index is 11.3. The third kappa shape index (κ3) is 13.5. The summed E-state index contributed by atoms with van der Waals surface area (Å²) < 4.78 is 45.4. The zero-order chi connectivity index (χ0) is 16.9. The van der Waals surface area contributed by atoms with E-state index in [0.717, 1.165) is 38.5 Å². The molecule has 0 radical (unpaired) electrons. The van der Waals surface area contributed by atoms with Crippen LogP contribution >= 0.6 is 0 Å². The Morgan fingerprint density at radius 3 is 1.00 bits per heavy atom. The average Bonchev–Trinajstić information content (AvgIpc) is 2.40. The van der Waals surface area contributed by atoms with Gasteiger partial charge < -0.3 is 10.2 Å². The Morgan fingerprint density at radius 2 is 0.727 bits per heavy atom. The van der Waals surface area contributed by atoms with Crippen molar-refractivity contribution >= 4 is 19.7 Å². The van der Waals surface area contributed by atoms with Gasteiger partial charge in [0.05, 0.1) is 36.2 Å². The van der Waals surface area contributed by atoms with Gasteiger partial charge in [0.1, 0.15) is 0 Å². The molecular weight excluding hydrogens is 328 g/mol. The SMILES string of the molecule is O=S(=O)(CCO)CCCCCCCCCCS(=O)(=O)CCO. The molecule has 0 aliphatic rings. The number of sulfone groups is 2. The Balaban J connectivity index is 3.41. The molecule has 0 atom stereocenters. The average molecular weight is 359 g/mol. The van der Waals surface area contributed by atoms with Crippen LogP contribution in [-0.2, 0) is 19.7 Å². The molecule has 0 rings (SSSR count). The molecule has 0 aromatic rings. The lowest BCUT2D eigenvalue weighted by molar-refractivity contribution is 0.319. The lowest BCUT2D eigenvalue weighted by Crippen LogP contribution is -2.13. The predicted molar refractivity (Wildman–Crippen MR) is 88.4 cm³/mol. The minimum atomic E-state index is -3.08. The van der Waals surface area contributed by atoms with Crippen molar-refractivity contribution in [2.45, 2.75) is 51.4 Å². The van der Waals surface area contributed by atoms with Crippen LogP contribution in [0.1, 0.15) is 51.4 Å². The maximum absolute atomic E-state index is 11.3. The first kappa shape index (κ1) is 21.8. The zero-order valence-electron chi connectivity index (χ0n) is 13.2. The fourth-order valence-electron chi connectivity index (χ4n) is 2.19. The monoisotopic (exact) mass is 358 g/mol. The van der Waals surface area contributed by atoms with Crippen molar-refractivity contribution in [1.29, 1.82) is 0 Å². The van der Waals surface area contributed by atoms with Crippen LogP contribution in [0.25, 0.3) is 0 Å². The van der Waals surface area contributed by atoms with Gasteiger partial charge in [0.15, 0.2) is 19.7 Å². The van der Waals surface area contributed by atoms with Crippen molar-refractivity contribution in [3.8, 4) is 0 Å². The summed E-state index contributed by atoms with van der Waals surface area (Å²) in [7, 11) is -6.16. The molecular formula is C14H30O6S2. The molecule has 2 N–H and O–H groups in total. The number of aliphatic hydroxyl groups is 2. The molecule has 0 bridgehead atoms. The summed E-state index contributed by atoms with van der Waals surface area (Å²) in [5, 5.41) is 17.2. The van der Waals surface area contributed by atoms with Crippen molar-refractivity contribution in [3.63, 3.8) is 0 Å². The number of aliphatic hydroxyl groups excluding tert-OH is 2. The lowest BCUT2D eigenvalue weighted by Gasteiger charge is -2.04. The number of hydrogen-bond donors (Lipinski definition) is 2. The molecule has 0 heterocycles. The molecule has 0 spiro atoms. The molecule has 8 heteroatoms. The van der Waals surface area contributed by atoms with Crippen LogP contribution in [0.15, 0.2) is 0 Å². The van der Waals surface area contributed by atoms with Crippen LogP contribution in [0, 0.1) is 0 Å². The highest BCUT2D eigenvalue weighted by Crippen LogP contribution is 2.10. The van der Waals surface area contributed by atoms with E-state index in [-0.39, 0.29) is 36.2 Å². The number of rotatable bonds is 15. The van der Waals surface area contributed by atoms with Gasteiger partial charge in [0, 0.05) is 0 Å². The van der Waals surface area contributed by atoms with E-state index < -0.39 is 19.7 Å². The van der Waals surface area contributed by atoms with E-state index >= 15 is 0 Å². The van der Waals surface area contributed by atoms with Gasteiger partial charge in [-0.15, -0.1) is 0 Å². The van der Waals surface area contributed by atoms with E-state index in [9.17, 15) is 16.8 Å². The standard InChI is InChI=1S/C14H30O6S2/c15-9-13-21(17,18)11-7-5-3-1-2-4-6-8-12-22(19,20)14-10-16/h15-16H,1-14H2. The van der Waals surface area contributed by atoms with Crippen LogP contribution in [0.2, 0.25) is 0 Å². The molecule has 0 saturated carbocycles. The Kier molecular flexibility index (Phi) is 12.2. The number of hydrogen-bond acceptors (Lipinski definition) is 6. The Labute approximate surface area is 134 Å². The van der Waals surface area contributed by atoms with E-state index in [0.29, 0.717) is 12.8 Å². The highest BCUT2D eigenvalue weighted by molar-refractivity contribution is 7.91. The third-order valence-corrected chi connectivity index (χ3v) is 6.90. The fourth-order valence-corrected chi connectivity index (χ4v) is 4.44. The first-order chi connectivity index (χ1) is 10.3. The van der Waals surface area contributed by atoms with Crippen LogP contribution < -0.4 is 0 Å². The van der Waals surface area contributed by atoms with Crippen LogP contribution in [0.3, 0.4) is 0 Å². The molecule has 0 aliphatic heterocycles. The van der Waals surface area contributed by atoms with Crippen molar-refractivity contribution in [2.24, 2.45) is 0 Å². The normalized spacial score (nSPS) is 12.6. The second kappa shape index (κ2) is 12.3. The smallest absolute Gasteiger partial charge is 0.152 e. The molecule has 0 fully saturated rings. The summed E-state index contributed by atoms with van der Waals surface area (Å²) in [6, 6.07) is 0. The van der Waals surface area contributed by atoms with E-state index in [1.165, 1.54) is 0 Å². The summed E-state index contributed by atoms with van der Waals surface area (Å²) in [5.74, 6) is 0.00489. The van der Waals surface area contributed by atoms with E-state index in [4.69, 9.17) is 10.2 Å². The summed E-state index contributed by atoms with van der Waals surface area (Å²) in [4.78, 5) is 0. The molecule has 0 saturated heterocycles. The first-order valence-corrected chi connectivity index (χ1v) is 11.6. The summed E-state index contributed by atoms with van der Waals surface area (Å²) in [6.07, 6.45) is 7.05. The van der Waals surface area contributed by atoms with Crippen LogP contribution in [0.5, 0.6) is 0 Å². The fraction of sp³-hybridized carbons (Fsp3) is 1.00. The quantitative estimate of drug-likeness (QED) is 0.421. The molecule has 0 aromatic heterocycles. The van der Waals surface area contributed by atoms with Gasteiger partial charge in [-0.05, 0) is 12.8 Å². The predicted octanol–water partition coefficient (Wildman–Crippen LogP) is 0.921. The second-order valence-electron chi connectivity index (χ2n) is 5.58. The molecule has 22 heavy (non-hydrogen) atoms. The summed E-state index contributed by atoms with van der Waals surface area (Å²) in [6.45, 7) is -0.618. The molecule has 0 amide bonds. The Morgan fingerprint density at radius 1 is 0.455 bits per heavy atom. The van der Waals surface area contributed by atoms with Gasteiger partial charge in [-0.3, -0.25) is 0 Å². The zero-order valence-corrected chi connectivity index (χ0v) is 14.9. The van der Waals surface area contributed by atoms with Gasteiger partial charge in [0.2, 0.25) is 0 Å². The van der Waals surface area contributed by atoms with E-state index in [1.54, 1.807) is 0 Å². The van der Waals surface area contributed by atoms with Gasteiger partial charge in [-0.25, -0.2) is 16.8 Å². The van der Waals surface area contributed by atoms with Gasteiger partial charge in [-0.2, -0.15) is 0 Å². The summed E-state index contributed by atoms with van der Waals surface area (Å²) in [5.41, 5.74) is 0. The lowest BCUT2D eigenvalue weighted by atomic mass is 10.1. The van der Waals surface area contributed by atoms with Crippen molar-refractivity contribution < 1.29 is 27.0 Å². The van der Waals surface area contributed by atoms with Gasteiger partial charge in [-0.1, -0.05) is 38.5 Å². The molecule has 6 nitrogen and oxygen atoms in total. The van der Waals surface area contributed by atoms with Crippen molar-refractivity contribution in [3.05, 3.63) is 0 Å². The Bertz CT molecular complexity index is 412. The van der Waals surface area contributed by atoms with Crippen LogP contribution in [-0.4, -0.2) is 63.3 Å². The molecule has 134 valence electrons. The number of unbranched alkanes of at least 4 members (excludes halogenated alkanes) is 7. The van der Waals surface area contributed by atoms with Crippen molar-refractivity contribution in [2.75, 3.05) is 36.2 Å². The highest BCUT2D eigenvalue weighted by atomic mass is 32.2. The van der Waals surface area contributed by atoms with E-state index in [1.807, 2.05) is 0 Å².